The van der Waals surface area contributed by atoms with Crippen LogP contribution in [-0.2, 0) is 4.79 Å². The van der Waals surface area contributed by atoms with Crippen LogP contribution in [0.1, 0.15) is 35.2 Å². The van der Waals surface area contributed by atoms with Crippen molar-refractivity contribution in [3.05, 3.63) is 22.2 Å². The molecule has 0 N–H and O–H groups in total. The third-order valence-electron chi connectivity index (χ3n) is 2.76. The lowest BCUT2D eigenvalue weighted by molar-refractivity contribution is -0.108. The number of aldehydes is 2. The maximum absolute atomic E-state index is 11.0. The van der Waals surface area contributed by atoms with Crippen LogP contribution < -0.4 is 9.47 Å². The summed E-state index contributed by atoms with van der Waals surface area (Å²) in [7, 11) is 2.92. The van der Waals surface area contributed by atoms with Crippen LogP contribution in [0.15, 0.2) is 6.07 Å². The van der Waals surface area contributed by atoms with Gasteiger partial charge in [0, 0.05) is 12.0 Å². The average Bonchev–Trinajstić information content (AvgIpc) is 2.37. The van der Waals surface area contributed by atoms with Crippen molar-refractivity contribution < 1.29 is 19.1 Å². The number of benzene rings is 1. The van der Waals surface area contributed by atoms with Crippen molar-refractivity contribution in [2.24, 2.45) is 0 Å². The summed E-state index contributed by atoms with van der Waals surface area (Å²) < 4.78 is 10.5. The first kappa shape index (κ1) is 14.5. The molecule has 0 heterocycles. The predicted molar refractivity (Wildman–Crippen MR) is 69.0 cm³/mol. The van der Waals surface area contributed by atoms with Gasteiger partial charge in [-0.2, -0.15) is 0 Å². The Balaban J connectivity index is 3.48. The molecule has 0 fully saturated rings. The van der Waals surface area contributed by atoms with Gasteiger partial charge in [-0.05, 0) is 12.0 Å². The Bertz CT molecular complexity index is 457. The average molecular weight is 271 g/mol. The van der Waals surface area contributed by atoms with Crippen LogP contribution in [0, 0.1) is 0 Å². The first-order valence-electron chi connectivity index (χ1n) is 5.43. The molecule has 1 unspecified atom stereocenters. The van der Waals surface area contributed by atoms with Gasteiger partial charge in [0.2, 0.25) is 0 Å². The standard InChI is InChI=1S/C13H15ClO4/c1-8(4-5-15)9-6-11(14)10(7-16)13(18-3)12(9)17-2/h5-8H,4H2,1-3H3. The van der Waals surface area contributed by atoms with Crippen molar-refractivity contribution in [2.75, 3.05) is 14.2 Å². The third kappa shape index (κ3) is 2.64. The zero-order valence-electron chi connectivity index (χ0n) is 10.5. The minimum absolute atomic E-state index is 0.0652. The topological polar surface area (TPSA) is 52.6 Å². The van der Waals surface area contributed by atoms with Crippen LogP contribution in [0.5, 0.6) is 11.5 Å². The molecule has 18 heavy (non-hydrogen) atoms. The Kier molecular flexibility index (Phi) is 5.16. The number of hydrogen-bond donors (Lipinski definition) is 0. The van der Waals surface area contributed by atoms with Gasteiger partial charge in [-0.3, -0.25) is 4.79 Å². The van der Waals surface area contributed by atoms with Crippen LogP contribution in [0.25, 0.3) is 0 Å². The Hall–Kier alpha value is -1.55. The number of ether oxygens (including phenoxy) is 2. The van der Waals surface area contributed by atoms with E-state index in [9.17, 15) is 9.59 Å². The van der Waals surface area contributed by atoms with Crippen LogP contribution >= 0.6 is 11.6 Å². The van der Waals surface area contributed by atoms with Gasteiger partial charge >= 0.3 is 0 Å². The van der Waals surface area contributed by atoms with Crippen molar-refractivity contribution >= 4 is 24.2 Å². The maximum atomic E-state index is 11.0. The Morgan fingerprint density at radius 3 is 2.33 bits per heavy atom. The molecule has 5 heteroatoms. The molecular formula is C13H15ClO4. The summed E-state index contributed by atoms with van der Waals surface area (Å²) in [4.78, 5) is 21.6. The van der Waals surface area contributed by atoms with E-state index in [0.29, 0.717) is 24.2 Å². The molecule has 0 aliphatic heterocycles. The van der Waals surface area contributed by atoms with Gasteiger partial charge in [-0.15, -0.1) is 0 Å². The highest BCUT2D eigenvalue weighted by molar-refractivity contribution is 6.33. The van der Waals surface area contributed by atoms with Crippen molar-refractivity contribution in [3.8, 4) is 11.5 Å². The van der Waals surface area contributed by atoms with E-state index in [1.807, 2.05) is 6.92 Å². The van der Waals surface area contributed by atoms with E-state index in [1.54, 1.807) is 6.07 Å². The molecule has 98 valence electrons. The molecule has 0 saturated carbocycles. The lowest BCUT2D eigenvalue weighted by Gasteiger charge is -2.18. The zero-order chi connectivity index (χ0) is 13.7. The lowest BCUT2D eigenvalue weighted by Crippen LogP contribution is -2.04. The fourth-order valence-corrected chi connectivity index (χ4v) is 2.05. The number of rotatable bonds is 6. The van der Waals surface area contributed by atoms with Gasteiger partial charge in [0.15, 0.2) is 17.8 Å². The molecular weight excluding hydrogens is 256 g/mol. The summed E-state index contributed by atoms with van der Waals surface area (Å²) in [5, 5.41) is 0.287. The second-order valence-electron chi connectivity index (χ2n) is 3.85. The van der Waals surface area contributed by atoms with Crippen molar-refractivity contribution in [2.45, 2.75) is 19.3 Å². The summed E-state index contributed by atoms with van der Waals surface area (Å²) in [5.41, 5.74) is 0.995. The summed E-state index contributed by atoms with van der Waals surface area (Å²) in [5.74, 6) is 0.677. The van der Waals surface area contributed by atoms with Crippen molar-refractivity contribution in [1.29, 1.82) is 0 Å². The van der Waals surface area contributed by atoms with Crippen LogP contribution in [0.3, 0.4) is 0 Å². The van der Waals surface area contributed by atoms with E-state index in [1.165, 1.54) is 14.2 Å². The monoisotopic (exact) mass is 270 g/mol. The van der Waals surface area contributed by atoms with Crippen molar-refractivity contribution in [3.63, 3.8) is 0 Å². The summed E-state index contributed by atoms with van der Waals surface area (Å²) in [6.45, 7) is 1.88. The Labute approximate surface area is 111 Å². The van der Waals surface area contributed by atoms with Gasteiger partial charge < -0.3 is 14.3 Å². The van der Waals surface area contributed by atoms with Gasteiger partial charge in [0.1, 0.15) is 6.29 Å². The molecule has 1 rings (SSSR count). The summed E-state index contributed by atoms with van der Waals surface area (Å²) in [6.07, 6.45) is 1.80. The largest absolute Gasteiger partial charge is 0.493 e. The number of carbonyl (C=O) groups is 2. The first-order valence-corrected chi connectivity index (χ1v) is 5.81. The fourth-order valence-electron chi connectivity index (χ4n) is 1.80. The summed E-state index contributed by atoms with van der Waals surface area (Å²) >= 11 is 6.03. The fraction of sp³-hybridized carbons (Fsp3) is 0.385. The van der Waals surface area contributed by atoms with E-state index in [-0.39, 0.29) is 16.5 Å². The quantitative estimate of drug-likeness (QED) is 0.746. The highest BCUT2D eigenvalue weighted by Gasteiger charge is 2.21. The third-order valence-corrected chi connectivity index (χ3v) is 3.07. The molecule has 0 spiro atoms. The highest BCUT2D eigenvalue weighted by atomic mass is 35.5. The maximum Gasteiger partial charge on any atom is 0.173 e. The molecule has 0 aromatic heterocycles. The molecule has 0 saturated heterocycles. The van der Waals surface area contributed by atoms with E-state index < -0.39 is 0 Å². The molecule has 0 aliphatic carbocycles. The van der Waals surface area contributed by atoms with E-state index in [2.05, 4.69) is 0 Å². The number of carbonyl (C=O) groups excluding carboxylic acids is 2. The Morgan fingerprint density at radius 2 is 1.89 bits per heavy atom. The van der Waals surface area contributed by atoms with Gasteiger partial charge in [0.25, 0.3) is 0 Å². The zero-order valence-corrected chi connectivity index (χ0v) is 11.3. The van der Waals surface area contributed by atoms with E-state index >= 15 is 0 Å². The smallest absolute Gasteiger partial charge is 0.173 e. The number of hydrogen-bond acceptors (Lipinski definition) is 4. The normalized spacial score (nSPS) is 11.8. The molecule has 0 radical (unpaired) electrons. The van der Waals surface area contributed by atoms with Crippen LogP contribution in [-0.4, -0.2) is 26.8 Å². The SMILES string of the molecule is COc1c(C(C)CC=O)cc(Cl)c(C=O)c1OC. The second kappa shape index (κ2) is 6.40. The van der Waals surface area contributed by atoms with Gasteiger partial charge in [-0.25, -0.2) is 0 Å². The van der Waals surface area contributed by atoms with Crippen molar-refractivity contribution in [1.82, 2.24) is 0 Å². The van der Waals surface area contributed by atoms with Crippen LogP contribution in [0.2, 0.25) is 5.02 Å². The molecule has 1 atom stereocenters. The van der Waals surface area contributed by atoms with Gasteiger partial charge in [0.05, 0.1) is 24.8 Å². The minimum Gasteiger partial charge on any atom is -0.493 e. The van der Waals surface area contributed by atoms with Crippen LogP contribution in [0.4, 0.5) is 0 Å². The Morgan fingerprint density at radius 1 is 1.28 bits per heavy atom. The van der Waals surface area contributed by atoms with E-state index in [4.69, 9.17) is 21.1 Å². The molecule has 0 amide bonds. The molecule has 1 aromatic carbocycles. The minimum atomic E-state index is -0.0652. The molecule has 0 bridgehead atoms. The number of halogens is 1. The van der Waals surface area contributed by atoms with Gasteiger partial charge in [-0.1, -0.05) is 18.5 Å². The number of methoxy groups -OCH3 is 2. The highest BCUT2D eigenvalue weighted by Crippen LogP contribution is 2.42. The molecule has 4 nitrogen and oxygen atoms in total. The summed E-state index contributed by atoms with van der Waals surface area (Å²) in [6, 6.07) is 1.64. The lowest BCUT2D eigenvalue weighted by atomic mass is 9.95. The molecule has 1 aromatic rings. The first-order chi connectivity index (χ1) is 8.60. The molecule has 0 aliphatic rings. The second-order valence-corrected chi connectivity index (χ2v) is 4.26. The predicted octanol–water partition coefficient (Wildman–Crippen LogP) is 2.86. The van der Waals surface area contributed by atoms with E-state index in [0.717, 1.165) is 11.8 Å².